The molecule has 1 heterocycles. The maximum absolute atomic E-state index is 11.5. The fourth-order valence-electron chi connectivity index (χ4n) is 2.66. The maximum Gasteiger partial charge on any atom is 0.312 e. The van der Waals surface area contributed by atoms with E-state index in [-0.39, 0.29) is 18.8 Å². The van der Waals surface area contributed by atoms with Crippen molar-refractivity contribution in [2.75, 3.05) is 26.2 Å². The van der Waals surface area contributed by atoms with Gasteiger partial charge in [-0.2, -0.15) is 0 Å². The lowest BCUT2D eigenvalue weighted by atomic mass is 9.98. The molecular weight excluding hydrogens is 258 g/mol. The molecule has 0 bridgehead atoms. The highest BCUT2D eigenvalue weighted by molar-refractivity contribution is 5.76. The number of carbonyl (C=O) groups is 1. The van der Waals surface area contributed by atoms with E-state index in [2.05, 4.69) is 4.90 Å². The van der Waals surface area contributed by atoms with Gasteiger partial charge in [-0.05, 0) is 12.5 Å². The molecule has 1 aromatic carbocycles. The van der Waals surface area contributed by atoms with Crippen LogP contribution in [0.3, 0.4) is 0 Å². The molecule has 0 amide bonds. The van der Waals surface area contributed by atoms with E-state index in [1.165, 1.54) is 0 Å². The minimum Gasteiger partial charge on any atom is -0.481 e. The minimum absolute atomic E-state index is 0.00567. The van der Waals surface area contributed by atoms with Crippen molar-refractivity contribution in [3.8, 4) is 0 Å². The summed E-state index contributed by atoms with van der Waals surface area (Å²) in [6.45, 7) is 3.59. The molecule has 110 valence electrons. The van der Waals surface area contributed by atoms with Crippen molar-refractivity contribution >= 4 is 5.97 Å². The number of ether oxygens (including phenoxy) is 1. The fraction of sp³-hybridized carbons (Fsp3) is 0.533. The molecular formula is C15H21NO4. The Morgan fingerprint density at radius 1 is 1.40 bits per heavy atom. The van der Waals surface area contributed by atoms with Crippen molar-refractivity contribution in [2.45, 2.75) is 25.0 Å². The van der Waals surface area contributed by atoms with Gasteiger partial charge < -0.3 is 14.9 Å². The highest BCUT2D eigenvalue weighted by atomic mass is 16.5. The summed E-state index contributed by atoms with van der Waals surface area (Å²) in [5.74, 6) is -1.38. The molecule has 1 saturated heterocycles. The number of rotatable bonds is 5. The van der Waals surface area contributed by atoms with E-state index >= 15 is 0 Å². The molecule has 3 unspecified atom stereocenters. The van der Waals surface area contributed by atoms with Crippen molar-refractivity contribution in [1.82, 2.24) is 4.90 Å². The van der Waals surface area contributed by atoms with E-state index in [4.69, 9.17) is 4.74 Å². The van der Waals surface area contributed by atoms with E-state index in [1.807, 2.05) is 37.3 Å². The van der Waals surface area contributed by atoms with Crippen molar-refractivity contribution in [3.05, 3.63) is 35.9 Å². The summed E-state index contributed by atoms with van der Waals surface area (Å²) in [6, 6.07) is 9.26. The van der Waals surface area contributed by atoms with Gasteiger partial charge in [0.15, 0.2) is 0 Å². The number of hydrogen-bond acceptors (Lipinski definition) is 4. The molecule has 1 aliphatic rings. The Labute approximate surface area is 118 Å². The van der Waals surface area contributed by atoms with Gasteiger partial charge in [-0.1, -0.05) is 30.3 Å². The van der Waals surface area contributed by atoms with Crippen LogP contribution in [0, 0.1) is 0 Å². The molecule has 1 fully saturated rings. The van der Waals surface area contributed by atoms with Gasteiger partial charge in [0, 0.05) is 19.6 Å². The quantitative estimate of drug-likeness (QED) is 0.839. The molecule has 5 heteroatoms. The van der Waals surface area contributed by atoms with Crippen LogP contribution in [0.5, 0.6) is 0 Å². The number of aliphatic hydroxyl groups excluding tert-OH is 1. The van der Waals surface area contributed by atoms with Crippen molar-refractivity contribution in [3.63, 3.8) is 0 Å². The fourth-order valence-corrected chi connectivity index (χ4v) is 2.66. The Hall–Kier alpha value is -1.43. The zero-order chi connectivity index (χ0) is 14.5. The van der Waals surface area contributed by atoms with Crippen LogP contribution in [0.15, 0.2) is 30.3 Å². The monoisotopic (exact) mass is 279 g/mol. The third-order valence-electron chi connectivity index (χ3n) is 3.55. The highest BCUT2D eigenvalue weighted by Gasteiger charge is 2.29. The zero-order valence-electron chi connectivity index (χ0n) is 11.6. The summed E-state index contributed by atoms with van der Waals surface area (Å²) in [6.07, 6.45) is -0.227. The zero-order valence-corrected chi connectivity index (χ0v) is 11.6. The topological polar surface area (TPSA) is 70.0 Å². The predicted molar refractivity (Wildman–Crippen MR) is 74.7 cm³/mol. The Bertz CT molecular complexity index is 437. The van der Waals surface area contributed by atoms with Gasteiger partial charge in [0.1, 0.15) is 0 Å². The second kappa shape index (κ2) is 6.83. The second-order valence-electron chi connectivity index (χ2n) is 5.27. The summed E-state index contributed by atoms with van der Waals surface area (Å²) < 4.78 is 5.57. The lowest BCUT2D eigenvalue weighted by molar-refractivity contribution is -0.141. The van der Waals surface area contributed by atoms with Gasteiger partial charge in [0.05, 0.1) is 24.7 Å². The molecule has 20 heavy (non-hydrogen) atoms. The third kappa shape index (κ3) is 3.79. The maximum atomic E-state index is 11.5. The highest BCUT2D eigenvalue weighted by Crippen LogP contribution is 2.20. The second-order valence-corrected chi connectivity index (χ2v) is 5.27. The Kier molecular flexibility index (Phi) is 5.11. The van der Waals surface area contributed by atoms with Gasteiger partial charge >= 0.3 is 5.97 Å². The van der Waals surface area contributed by atoms with Gasteiger partial charge in [-0.15, -0.1) is 0 Å². The van der Waals surface area contributed by atoms with Crippen LogP contribution >= 0.6 is 0 Å². The van der Waals surface area contributed by atoms with Crippen LogP contribution in [0.4, 0.5) is 0 Å². The summed E-state index contributed by atoms with van der Waals surface area (Å²) >= 11 is 0. The molecule has 0 spiro atoms. The number of carboxylic acid groups (broad SMARTS) is 1. The molecule has 5 nitrogen and oxygen atoms in total. The SMILES string of the molecule is CC1CN(CC(C(=O)O)c2ccccc2)CC(CO)O1. The number of morpholine rings is 1. The van der Waals surface area contributed by atoms with Crippen LogP contribution in [-0.2, 0) is 9.53 Å². The standard InChI is InChI=1S/C15H21NO4/c1-11-7-16(8-13(10-17)20-11)9-14(15(18)19)12-5-3-2-4-6-12/h2-6,11,13-14,17H,7-10H2,1H3,(H,18,19). The van der Waals surface area contributed by atoms with Gasteiger partial charge in [0.25, 0.3) is 0 Å². The first-order chi connectivity index (χ1) is 9.60. The number of aliphatic carboxylic acids is 1. The lowest BCUT2D eigenvalue weighted by Crippen LogP contribution is -2.49. The summed E-state index contributed by atoms with van der Waals surface area (Å²) in [7, 11) is 0. The van der Waals surface area contributed by atoms with E-state index in [0.29, 0.717) is 19.6 Å². The van der Waals surface area contributed by atoms with Gasteiger partial charge in [-0.3, -0.25) is 9.69 Å². The number of benzene rings is 1. The molecule has 2 rings (SSSR count). The smallest absolute Gasteiger partial charge is 0.312 e. The Balaban J connectivity index is 2.07. The first-order valence-corrected chi connectivity index (χ1v) is 6.86. The molecule has 1 aromatic rings. The van der Waals surface area contributed by atoms with Crippen LogP contribution in [0.1, 0.15) is 18.4 Å². The normalized spacial score (nSPS) is 25.3. The van der Waals surface area contributed by atoms with E-state index in [9.17, 15) is 15.0 Å². The number of aliphatic hydroxyl groups is 1. The first kappa shape index (κ1) is 15.0. The average molecular weight is 279 g/mol. The lowest BCUT2D eigenvalue weighted by Gasteiger charge is -2.37. The van der Waals surface area contributed by atoms with Crippen LogP contribution in [0.25, 0.3) is 0 Å². The molecule has 0 radical (unpaired) electrons. The van der Waals surface area contributed by atoms with Crippen molar-refractivity contribution < 1.29 is 19.7 Å². The molecule has 0 aliphatic carbocycles. The largest absolute Gasteiger partial charge is 0.481 e. The van der Waals surface area contributed by atoms with E-state index < -0.39 is 11.9 Å². The number of hydrogen-bond donors (Lipinski definition) is 2. The summed E-state index contributed by atoms with van der Waals surface area (Å²) in [5.41, 5.74) is 0.805. The minimum atomic E-state index is -0.823. The van der Waals surface area contributed by atoms with Crippen molar-refractivity contribution in [1.29, 1.82) is 0 Å². The van der Waals surface area contributed by atoms with Gasteiger partial charge in [0.2, 0.25) is 0 Å². The molecule has 2 N–H and O–H groups in total. The Morgan fingerprint density at radius 2 is 2.10 bits per heavy atom. The predicted octanol–water partition coefficient (Wildman–Crippen LogP) is 0.936. The van der Waals surface area contributed by atoms with Crippen LogP contribution in [-0.4, -0.2) is 59.5 Å². The molecule has 1 aliphatic heterocycles. The number of nitrogens with zero attached hydrogens (tertiary/aromatic N) is 1. The molecule has 3 atom stereocenters. The summed E-state index contributed by atoms with van der Waals surface area (Å²) in [5, 5.41) is 18.7. The summed E-state index contributed by atoms with van der Waals surface area (Å²) in [4.78, 5) is 13.6. The molecule has 0 aromatic heterocycles. The van der Waals surface area contributed by atoms with Crippen molar-refractivity contribution in [2.24, 2.45) is 0 Å². The average Bonchev–Trinajstić information content (AvgIpc) is 2.44. The molecule has 0 saturated carbocycles. The first-order valence-electron chi connectivity index (χ1n) is 6.86. The third-order valence-corrected chi connectivity index (χ3v) is 3.55. The Morgan fingerprint density at radius 3 is 2.70 bits per heavy atom. The van der Waals surface area contributed by atoms with Gasteiger partial charge in [-0.25, -0.2) is 0 Å². The van der Waals surface area contributed by atoms with Crippen LogP contribution < -0.4 is 0 Å². The number of carboxylic acids is 1. The van der Waals surface area contributed by atoms with Crippen LogP contribution in [0.2, 0.25) is 0 Å². The van der Waals surface area contributed by atoms with E-state index in [0.717, 1.165) is 5.56 Å². The van der Waals surface area contributed by atoms with E-state index in [1.54, 1.807) is 0 Å².